The number of hydrogen-bond acceptors (Lipinski definition) is 3. The summed E-state index contributed by atoms with van der Waals surface area (Å²) in [5.74, 6) is 0.437. The molecular weight excluding hydrogens is 452 g/mol. The second kappa shape index (κ2) is 9.14. The maximum absolute atomic E-state index is 13.3. The summed E-state index contributed by atoms with van der Waals surface area (Å²) in [5.41, 5.74) is 3.14. The van der Waals surface area contributed by atoms with Gasteiger partial charge in [-0.25, -0.2) is 9.07 Å². The van der Waals surface area contributed by atoms with E-state index in [2.05, 4.69) is 11.0 Å². The standard InChI is InChI=1S/C24H24Cl2FN3O2/c1-15(23-22(26)24(31)30(28(23)2)19-7-5-18(27)6-8-19)29-12-10-16(11-13-29)20-14-17(25)4-9-21(20)32-3/h4-10,14-15H,11-13H2,1-3H3. The Bertz CT molecular complexity index is 1230. The predicted molar refractivity (Wildman–Crippen MR) is 127 cm³/mol. The second-order valence-corrected chi connectivity index (χ2v) is 8.63. The van der Waals surface area contributed by atoms with Crippen LogP contribution in [0.3, 0.4) is 0 Å². The van der Waals surface area contributed by atoms with Crippen molar-refractivity contribution in [2.75, 3.05) is 20.2 Å². The molecule has 8 heteroatoms. The van der Waals surface area contributed by atoms with Gasteiger partial charge in [-0.1, -0.05) is 29.3 Å². The normalized spacial score (nSPS) is 15.5. The molecule has 1 aliphatic rings. The average Bonchev–Trinajstić information content (AvgIpc) is 3.02. The van der Waals surface area contributed by atoms with Gasteiger partial charge >= 0.3 is 0 Å². The highest BCUT2D eigenvalue weighted by atomic mass is 35.5. The van der Waals surface area contributed by atoms with Gasteiger partial charge in [0.05, 0.1) is 24.5 Å². The van der Waals surface area contributed by atoms with Crippen LogP contribution in [0.4, 0.5) is 4.39 Å². The highest BCUT2D eigenvalue weighted by Gasteiger charge is 2.27. The third kappa shape index (κ3) is 4.10. The van der Waals surface area contributed by atoms with Crippen LogP contribution in [0.1, 0.15) is 30.6 Å². The number of benzene rings is 2. The lowest BCUT2D eigenvalue weighted by atomic mass is 9.97. The third-order valence-corrected chi connectivity index (χ3v) is 6.61. The van der Waals surface area contributed by atoms with Gasteiger partial charge in [0.1, 0.15) is 16.6 Å². The molecular formula is C24H24Cl2FN3O2. The number of aromatic nitrogens is 2. The summed E-state index contributed by atoms with van der Waals surface area (Å²) >= 11 is 12.7. The first-order valence-corrected chi connectivity index (χ1v) is 11.1. The first-order chi connectivity index (χ1) is 15.3. The first-order valence-electron chi connectivity index (χ1n) is 10.3. The molecule has 1 atom stereocenters. The lowest BCUT2D eigenvalue weighted by Gasteiger charge is -2.32. The average molecular weight is 476 g/mol. The van der Waals surface area contributed by atoms with Gasteiger partial charge in [0.25, 0.3) is 5.56 Å². The van der Waals surface area contributed by atoms with E-state index in [4.69, 9.17) is 27.9 Å². The van der Waals surface area contributed by atoms with Crippen molar-refractivity contribution in [2.24, 2.45) is 7.05 Å². The fourth-order valence-corrected chi connectivity index (χ4v) is 4.83. The van der Waals surface area contributed by atoms with Gasteiger partial charge in [-0.2, -0.15) is 0 Å². The molecule has 0 saturated carbocycles. The van der Waals surface area contributed by atoms with Gasteiger partial charge in [0.15, 0.2) is 0 Å². The molecule has 2 heterocycles. The van der Waals surface area contributed by atoms with Crippen molar-refractivity contribution in [2.45, 2.75) is 19.4 Å². The molecule has 1 aliphatic heterocycles. The maximum Gasteiger partial charge on any atom is 0.290 e. The molecule has 4 rings (SSSR count). The Labute approximate surface area is 196 Å². The number of methoxy groups -OCH3 is 1. The van der Waals surface area contributed by atoms with Crippen LogP contribution in [0.25, 0.3) is 11.3 Å². The Morgan fingerprint density at radius 1 is 1.12 bits per heavy atom. The van der Waals surface area contributed by atoms with E-state index in [9.17, 15) is 9.18 Å². The van der Waals surface area contributed by atoms with E-state index < -0.39 is 0 Å². The van der Waals surface area contributed by atoms with E-state index in [0.717, 1.165) is 30.0 Å². The van der Waals surface area contributed by atoms with Crippen LogP contribution in [0.5, 0.6) is 5.75 Å². The van der Waals surface area contributed by atoms with E-state index in [1.807, 2.05) is 25.1 Å². The lowest BCUT2D eigenvalue weighted by Crippen LogP contribution is -2.32. The minimum Gasteiger partial charge on any atom is -0.496 e. The van der Waals surface area contributed by atoms with E-state index in [-0.39, 0.29) is 22.4 Å². The minimum absolute atomic E-state index is 0.0963. The summed E-state index contributed by atoms with van der Waals surface area (Å²) in [6.07, 6.45) is 2.97. The fraction of sp³-hybridized carbons (Fsp3) is 0.292. The van der Waals surface area contributed by atoms with Gasteiger partial charge < -0.3 is 4.74 Å². The van der Waals surface area contributed by atoms with E-state index in [0.29, 0.717) is 17.3 Å². The molecule has 0 saturated heterocycles. The second-order valence-electron chi connectivity index (χ2n) is 7.81. The van der Waals surface area contributed by atoms with Gasteiger partial charge in [-0.05, 0) is 61.4 Å². The summed E-state index contributed by atoms with van der Waals surface area (Å²) in [4.78, 5) is 15.1. The molecule has 0 N–H and O–H groups in total. The van der Waals surface area contributed by atoms with Crippen LogP contribution in [0.15, 0.2) is 53.3 Å². The van der Waals surface area contributed by atoms with Crippen molar-refractivity contribution < 1.29 is 9.13 Å². The molecule has 1 unspecified atom stereocenters. The van der Waals surface area contributed by atoms with Crippen LogP contribution in [-0.2, 0) is 7.05 Å². The molecule has 2 aromatic carbocycles. The molecule has 0 radical (unpaired) electrons. The fourth-order valence-electron chi connectivity index (χ4n) is 4.30. The number of rotatable bonds is 5. The van der Waals surface area contributed by atoms with Crippen molar-refractivity contribution in [3.63, 3.8) is 0 Å². The Hall–Kier alpha value is -2.54. The Morgan fingerprint density at radius 2 is 1.84 bits per heavy atom. The number of halogens is 3. The molecule has 1 aromatic heterocycles. The largest absolute Gasteiger partial charge is 0.496 e. The topological polar surface area (TPSA) is 39.4 Å². The lowest BCUT2D eigenvalue weighted by molar-refractivity contribution is 0.223. The van der Waals surface area contributed by atoms with E-state index in [1.54, 1.807) is 31.0 Å². The third-order valence-electron chi connectivity index (χ3n) is 6.02. The smallest absolute Gasteiger partial charge is 0.290 e. The summed E-state index contributed by atoms with van der Waals surface area (Å²) in [5, 5.41) is 0.844. The molecule has 0 bridgehead atoms. The highest BCUT2D eigenvalue weighted by molar-refractivity contribution is 6.31. The van der Waals surface area contributed by atoms with Crippen molar-refractivity contribution in [1.29, 1.82) is 0 Å². The maximum atomic E-state index is 13.3. The molecule has 0 spiro atoms. The summed E-state index contributed by atoms with van der Waals surface area (Å²) < 4.78 is 22.1. The number of nitrogens with zero attached hydrogens (tertiary/aromatic N) is 3. The zero-order valence-corrected chi connectivity index (χ0v) is 19.6. The SMILES string of the molecule is COc1ccc(Cl)cc1C1=CCN(C(C)c2c(Cl)c(=O)n(-c3ccc(F)cc3)n2C)CC1. The molecule has 168 valence electrons. The Balaban J connectivity index is 1.62. The van der Waals surface area contributed by atoms with Crippen LogP contribution in [0, 0.1) is 5.82 Å². The van der Waals surface area contributed by atoms with Crippen molar-refractivity contribution in [3.05, 3.63) is 86.0 Å². The van der Waals surface area contributed by atoms with Gasteiger partial charge in [0, 0.05) is 30.7 Å². The van der Waals surface area contributed by atoms with Crippen molar-refractivity contribution in [3.8, 4) is 11.4 Å². The van der Waals surface area contributed by atoms with Crippen LogP contribution in [0.2, 0.25) is 10.0 Å². The number of hydrogen-bond donors (Lipinski definition) is 0. The van der Waals surface area contributed by atoms with Gasteiger partial charge in [-0.15, -0.1) is 0 Å². The monoisotopic (exact) mass is 475 g/mol. The minimum atomic E-state index is -0.358. The highest BCUT2D eigenvalue weighted by Crippen LogP contribution is 2.35. The van der Waals surface area contributed by atoms with Crippen molar-refractivity contribution >= 4 is 28.8 Å². The van der Waals surface area contributed by atoms with Gasteiger partial charge in [-0.3, -0.25) is 14.4 Å². The summed E-state index contributed by atoms with van der Waals surface area (Å²) in [6, 6.07) is 11.3. The van der Waals surface area contributed by atoms with E-state index in [1.165, 1.54) is 22.4 Å². The molecule has 3 aromatic rings. The van der Waals surface area contributed by atoms with E-state index >= 15 is 0 Å². The predicted octanol–water partition coefficient (Wildman–Crippen LogP) is 5.48. The molecule has 0 fully saturated rings. The van der Waals surface area contributed by atoms with Crippen LogP contribution < -0.4 is 10.3 Å². The van der Waals surface area contributed by atoms with Crippen LogP contribution in [-0.4, -0.2) is 34.5 Å². The molecule has 5 nitrogen and oxygen atoms in total. The molecule has 32 heavy (non-hydrogen) atoms. The number of ether oxygens (including phenoxy) is 1. The summed E-state index contributed by atoms with van der Waals surface area (Å²) in [6.45, 7) is 3.52. The quantitative estimate of drug-likeness (QED) is 0.490. The zero-order valence-electron chi connectivity index (χ0n) is 18.1. The first kappa shape index (κ1) is 22.6. The van der Waals surface area contributed by atoms with Crippen LogP contribution >= 0.6 is 23.2 Å². The Kier molecular flexibility index (Phi) is 6.47. The molecule has 0 aliphatic carbocycles. The summed E-state index contributed by atoms with van der Waals surface area (Å²) in [7, 11) is 3.45. The Morgan fingerprint density at radius 3 is 2.47 bits per heavy atom. The molecule has 0 amide bonds. The van der Waals surface area contributed by atoms with Crippen molar-refractivity contribution in [1.82, 2.24) is 14.3 Å². The van der Waals surface area contributed by atoms with Gasteiger partial charge in [0.2, 0.25) is 0 Å². The zero-order chi connectivity index (χ0) is 23.0.